The van der Waals surface area contributed by atoms with Crippen molar-refractivity contribution < 1.29 is 119 Å². The lowest BCUT2D eigenvalue weighted by atomic mass is 10.0. The number of rotatable bonds is 47. The molecule has 478 valence electrons. The van der Waals surface area contributed by atoms with Gasteiger partial charge < -0.3 is 114 Å². The fraction of sp³-hybridized carbons (Fsp3) is 0.776. The van der Waals surface area contributed by atoms with Gasteiger partial charge in [-0.05, 0) is 64.0 Å². The highest BCUT2D eigenvalue weighted by atomic mass is 32.2. The Morgan fingerprint density at radius 2 is 0.783 bits per heavy atom. The molecule has 0 rings (SSSR count). The summed E-state index contributed by atoms with van der Waals surface area (Å²) in [4.78, 5) is 144. The summed E-state index contributed by atoms with van der Waals surface area (Å²) in [6.45, 7) is 0.340. The van der Waals surface area contributed by atoms with E-state index in [2.05, 4.69) is 47.9 Å². The highest BCUT2D eigenvalue weighted by Gasteiger charge is 2.35. The number of amides is 8. The maximum absolute atomic E-state index is 14.3. The van der Waals surface area contributed by atoms with Crippen LogP contribution in [0.2, 0.25) is 0 Å². The molecule has 83 heavy (non-hydrogen) atoms. The third-order valence-corrected chi connectivity index (χ3v) is 13.1. The number of carboxylic acid groups (broad SMARTS) is 3. The molecule has 0 aromatic heterocycles. The molecular weight excluding hydrogens is 1130 g/mol. The lowest BCUT2D eigenvalue weighted by Gasteiger charge is -2.27. The second kappa shape index (κ2) is 42.8. The van der Waals surface area contributed by atoms with E-state index in [1.165, 1.54) is 6.26 Å². The van der Waals surface area contributed by atoms with Crippen LogP contribution in [0.1, 0.15) is 110 Å². The molecule has 0 saturated heterocycles. The summed E-state index contributed by atoms with van der Waals surface area (Å²) < 4.78 is 0. The van der Waals surface area contributed by atoms with Gasteiger partial charge in [-0.15, -0.1) is 11.8 Å². The Kier molecular flexibility index (Phi) is 39.8. The zero-order chi connectivity index (χ0) is 63.4. The molecule has 4 unspecified atom stereocenters. The van der Waals surface area contributed by atoms with E-state index >= 15 is 0 Å². The molecule has 22 N–H and O–H groups in total. The van der Waals surface area contributed by atoms with Crippen molar-refractivity contribution in [2.45, 2.75) is 195 Å². The minimum Gasteiger partial charge on any atom is -0.481 e. The molecule has 0 heterocycles. The van der Waals surface area contributed by atoms with Crippen molar-refractivity contribution in [3.05, 3.63) is 0 Å². The van der Waals surface area contributed by atoms with Crippen molar-refractivity contribution in [3.8, 4) is 0 Å². The smallest absolute Gasteiger partial charge is 0.336 e. The van der Waals surface area contributed by atoms with Crippen LogP contribution in [0.15, 0.2) is 0 Å². The summed E-state index contributed by atoms with van der Waals surface area (Å²) in [5.41, 5.74) is 0. The Hall–Kier alpha value is -5.92. The van der Waals surface area contributed by atoms with Crippen molar-refractivity contribution in [1.29, 1.82) is 0 Å². The topological polar surface area (TPSA) is 559 Å². The van der Waals surface area contributed by atoms with Gasteiger partial charge in [-0.3, -0.25) is 47.9 Å². The lowest BCUT2D eigenvalue weighted by molar-refractivity contribution is -0.140. The predicted molar refractivity (Wildman–Crippen MR) is 290 cm³/mol. The van der Waals surface area contributed by atoms with Crippen LogP contribution >= 0.6 is 11.8 Å². The van der Waals surface area contributed by atoms with E-state index in [0.717, 1.165) is 0 Å². The number of nitrogens with one attached hydrogen (secondary N) is 9. The van der Waals surface area contributed by atoms with E-state index in [4.69, 9.17) is 15.3 Å². The van der Waals surface area contributed by atoms with Crippen LogP contribution in [-0.4, -0.2) is 262 Å². The Morgan fingerprint density at radius 1 is 0.410 bits per heavy atom. The molecule has 34 heteroatoms. The van der Waals surface area contributed by atoms with Crippen molar-refractivity contribution in [2.24, 2.45) is 0 Å². The van der Waals surface area contributed by atoms with Gasteiger partial charge in [-0.1, -0.05) is 13.8 Å². The lowest BCUT2D eigenvalue weighted by Crippen LogP contribution is -2.59. The van der Waals surface area contributed by atoms with Gasteiger partial charge in [-0.25, -0.2) is 4.79 Å². The maximum Gasteiger partial charge on any atom is 0.336 e. The summed E-state index contributed by atoms with van der Waals surface area (Å²) in [6.07, 6.45) is -14.6. The summed E-state index contributed by atoms with van der Waals surface area (Å²) in [7, 11) is 0. The molecule has 0 aliphatic rings. The van der Waals surface area contributed by atoms with Crippen LogP contribution in [0, 0.1) is 0 Å². The minimum atomic E-state index is -1.93. The Labute approximate surface area is 482 Å². The Balaban J connectivity index is 6.99. The molecule has 0 aliphatic carbocycles. The normalized spacial score (nSPS) is 16.1. The molecule has 8 amide bonds. The zero-order valence-electron chi connectivity index (χ0n) is 46.6. The second-order valence-corrected chi connectivity index (χ2v) is 20.7. The van der Waals surface area contributed by atoms with E-state index in [1.807, 2.05) is 0 Å². The van der Waals surface area contributed by atoms with Gasteiger partial charge in [0.05, 0.1) is 56.4 Å². The monoisotopic (exact) mass is 1220 g/mol. The second-order valence-electron chi connectivity index (χ2n) is 19.8. The fourth-order valence-corrected chi connectivity index (χ4v) is 7.91. The SMILES string of the molecule is CSC(NC(=O)[C@H](CCC(=O)NC[C@H](O)CCC(O)CO)NC(=O)[C@@H](CCC(=O)O)NC(=O)[C@H](CCC(=O)NC[C@H](O)C[C@H](O)C(O)CO)NC(=O)[C@@H](CCC(=O)O)NC(=O)[C@H](CCC(=O)NCCC[C@H](O)C(O)CO)NC(C)C)C(=O)O. The molecule has 13 atom stereocenters. The van der Waals surface area contributed by atoms with Crippen molar-refractivity contribution >= 4 is 76.9 Å². The van der Waals surface area contributed by atoms with Crippen LogP contribution in [0.25, 0.3) is 0 Å². The van der Waals surface area contributed by atoms with Gasteiger partial charge in [0.1, 0.15) is 36.4 Å². The Morgan fingerprint density at radius 3 is 1.18 bits per heavy atom. The first kappa shape index (κ1) is 77.1. The van der Waals surface area contributed by atoms with Crippen molar-refractivity contribution in [2.75, 3.05) is 45.7 Å². The Bertz CT molecular complexity index is 2050. The first-order valence-corrected chi connectivity index (χ1v) is 28.1. The average molecular weight is 1220 g/mol. The van der Waals surface area contributed by atoms with Crippen molar-refractivity contribution in [3.63, 3.8) is 0 Å². The zero-order valence-corrected chi connectivity index (χ0v) is 47.5. The van der Waals surface area contributed by atoms with Gasteiger partial charge in [0.25, 0.3) is 0 Å². The number of hydrogen-bond acceptors (Lipinski definition) is 23. The summed E-state index contributed by atoms with van der Waals surface area (Å²) >= 11 is 0.659. The molecule has 33 nitrogen and oxygen atoms in total. The number of aliphatic hydroxyl groups is 10. The summed E-state index contributed by atoms with van der Waals surface area (Å²) in [6, 6.07) is -9.03. The first-order chi connectivity index (χ1) is 39.0. The van der Waals surface area contributed by atoms with Gasteiger partial charge in [0, 0.05) is 64.2 Å². The van der Waals surface area contributed by atoms with Gasteiger partial charge >= 0.3 is 17.9 Å². The predicted octanol–water partition coefficient (Wildman–Crippen LogP) is -7.95. The van der Waals surface area contributed by atoms with E-state index in [0.29, 0.717) is 11.8 Å². The van der Waals surface area contributed by atoms with Crippen LogP contribution in [-0.2, 0) is 52.7 Å². The molecule has 0 aliphatic heterocycles. The number of hydrogen-bond donors (Lipinski definition) is 22. The van der Waals surface area contributed by atoms with E-state index in [-0.39, 0.29) is 51.6 Å². The summed E-state index contributed by atoms with van der Waals surface area (Å²) in [5, 5.41) is 145. The number of carbonyl (C=O) groups excluding carboxylic acids is 8. The van der Waals surface area contributed by atoms with Crippen LogP contribution in [0.4, 0.5) is 0 Å². The minimum absolute atomic E-state index is 0.0202. The molecule has 0 fully saturated rings. The number of aliphatic hydroxyl groups excluding tert-OH is 10. The van der Waals surface area contributed by atoms with Gasteiger partial charge in [-0.2, -0.15) is 0 Å². The maximum atomic E-state index is 14.3. The third kappa shape index (κ3) is 35.1. The first-order valence-electron chi connectivity index (χ1n) is 26.8. The number of thioether (sulfide) groups is 1. The number of aliphatic carboxylic acids is 3. The average Bonchev–Trinajstić information content (AvgIpc) is 3.45. The van der Waals surface area contributed by atoms with Gasteiger partial charge in [0.15, 0.2) is 5.37 Å². The van der Waals surface area contributed by atoms with E-state index in [1.54, 1.807) is 13.8 Å². The van der Waals surface area contributed by atoms with Crippen LogP contribution in [0.5, 0.6) is 0 Å². The quantitative estimate of drug-likeness (QED) is 0.0199. The van der Waals surface area contributed by atoms with Crippen LogP contribution < -0.4 is 47.9 Å². The van der Waals surface area contributed by atoms with Crippen molar-refractivity contribution in [1.82, 2.24) is 47.9 Å². The van der Waals surface area contributed by atoms with E-state index < -0.39 is 234 Å². The number of carbonyl (C=O) groups is 11. The molecule has 0 saturated carbocycles. The number of carboxylic acids is 3. The molecule has 0 aromatic carbocycles. The third-order valence-electron chi connectivity index (χ3n) is 12.3. The van der Waals surface area contributed by atoms with E-state index in [9.17, 15) is 104 Å². The largest absolute Gasteiger partial charge is 0.481 e. The highest BCUT2D eigenvalue weighted by molar-refractivity contribution is 7.99. The molecule has 0 spiro atoms. The highest BCUT2D eigenvalue weighted by Crippen LogP contribution is 2.12. The molecule has 0 radical (unpaired) electrons. The fourth-order valence-electron chi connectivity index (χ4n) is 7.47. The molecule has 0 aromatic rings. The summed E-state index contributed by atoms with van der Waals surface area (Å²) in [5.74, 6) is -12.6. The molecule has 0 bridgehead atoms. The van der Waals surface area contributed by atoms with Crippen LogP contribution in [0.3, 0.4) is 0 Å². The molecular formula is C49H87N9O24S. The standard InChI is InChI=1S/C49H87N9O24S/c1-25(2)53-29(8-13-38(69)50-18-4-5-34(65)36(67)23-60)43(76)56-32(11-16-41(72)73)45(78)54-30(9-14-40(71)52-21-28(64)19-35(66)37(68)24-61)44(77)57-33(12-17-42(74)75)46(79)55-31(47(80)58-48(83-3)49(81)82)10-15-39(70)51-20-26(62)6-7-27(63)22-59/h25-37,48,53,59-68H,4-24H2,1-3H3,(H,50,69)(H,51,70)(H,52,71)(H,54,78)(H,55,79)(H,56,76)(H,57,77)(H,58,80)(H,72,73)(H,74,75)(H,81,82)/t26-,27?,28-,29+,30+,31+,32-,33-,34+,35+,36?,37?,48?/m1/s1. The van der Waals surface area contributed by atoms with Gasteiger partial charge in [0.2, 0.25) is 47.3 Å².